The van der Waals surface area contributed by atoms with E-state index in [0.29, 0.717) is 0 Å². The predicted octanol–water partition coefficient (Wildman–Crippen LogP) is 10.8. The summed E-state index contributed by atoms with van der Waals surface area (Å²) in [6.07, 6.45) is 0. The van der Waals surface area contributed by atoms with Crippen molar-refractivity contribution in [2.45, 2.75) is 105 Å². The minimum atomic E-state index is -0.0900. The summed E-state index contributed by atoms with van der Waals surface area (Å²) in [6.45, 7) is 26.2. The molecule has 0 radical (unpaired) electrons. The van der Waals surface area contributed by atoms with Crippen LogP contribution in [0, 0.1) is 94.7 Å². The van der Waals surface area contributed by atoms with Gasteiger partial charge < -0.3 is 0 Å². The molecule has 0 aliphatic heterocycles. The molecule has 4 aromatic carbocycles. The fourth-order valence-corrected chi connectivity index (χ4v) is 5.65. The van der Waals surface area contributed by atoms with Gasteiger partial charge in [0.2, 0.25) is 0 Å². The van der Waals surface area contributed by atoms with Gasteiger partial charge in [-0.15, -0.1) is 0 Å². The molecule has 1 aliphatic carbocycles. The molecule has 0 heterocycles. The van der Waals surface area contributed by atoms with E-state index in [-0.39, 0.29) is 21.7 Å². The van der Waals surface area contributed by atoms with E-state index in [9.17, 15) is 0 Å². The van der Waals surface area contributed by atoms with Gasteiger partial charge >= 0.3 is 0 Å². The average Bonchev–Trinajstić information content (AvgIpc) is 3.10. The van der Waals surface area contributed by atoms with E-state index < -0.39 is 0 Å². The molecule has 0 N–H and O–H groups in total. The Balaban J connectivity index is 1.70. The van der Waals surface area contributed by atoms with E-state index in [4.69, 9.17) is 0 Å². The van der Waals surface area contributed by atoms with Crippen LogP contribution in [-0.2, 0) is 21.7 Å². The molecule has 0 amide bonds. The second-order valence-corrected chi connectivity index (χ2v) is 18.2. The SMILES string of the molecule is CC(C)(C)c1cc2cc(c1)C#CC#Cc1cc(cc(C(C)(C)C)c1)C#CC#Cc1cc(cc(C(C)(C)C)c1)C#CC#Cc1cc(cc(C(C)(C)C)c1)C#CC#C2. The zero-order valence-corrected chi connectivity index (χ0v) is 34.9. The van der Waals surface area contributed by atoms with Crippen LogP contribution in [0.15, 0.2) is 72.8 Å². The second-order valence-electron chi connectivity index (χ2n) is 18.2. The summed E-state index contributed by atoms with van der Waals surface area (Å²) in [5, 5.41) is 0. The van der Waals surface area contributed by atoms with Crippen molar-refractivity contribution >= 4 is 0 Å². The van der Waals surface area contributed by atoms with Crippen LogP contribution in [-0.4, -0.2) is 0 Å². The fourth-order valence-electron chi connectivity index (χ4n) is 5.65. The van der Waals surface area contributed by atoms with Crippen LogP contribution in [0.1, 0.15) is 150 Å². The van der Waals surface area contributed by atoms with Crippen molar-refractivity contribution in [3.8, 4) is 94.7 Å². The molecule has 8 bridgehead atoms. The normalized spacial score (nSPS) is 11.9. The van der Waals surface area contributed by atoms with Gasteiger partial charge in [0.15, 0.2) is 0 Å². The predicted molar refractivity (Wildman–Crippen MR) is 236 cm³/mol. The molecule has 0 aromatic heterocycles. The van der Waals surface area contributed by atoms with Crippen LogP contribution in [0.5, 0.6) is 0 Å². The van der Waals surface area contributed by atoms with Gasteiger partial charge in [-0.3, -0.25) is 0 Å². The van der Waals surface area contributed by atoms with Gasteiger partial charge in [0.25, 0.3) is 0 Å². The Morgan fingerprint density at radius 3 is 0.446 bits per heavy atom. The summed E-state index contributed by atoms with van der Waals surface area (Å²) in [4.78, 5) is 0. The third-order valence-corrected chi connectivity index (χ3v) is 9.10. The van der Waals surface area contributed by atoms with Crippen LogP contribution in [0.3, 0.4) is 0 Å². The Bertz CT molecular complexity index is 2200. The van der Waals surface area contributed by atoms with Crippen molar-refractivity contribution in [2.75, 3.05) is 0 Å². The Morgan fingerprint density at radius 1 is 0.214 bits per heavy atom. The highest BCUT2D eigenvalue weighted by Crippen LogP contribution is 2.27. The van der Waals surface area contributed by atoms with Crippen LogP contribution in [0.4, 0.5) is 0 Å². The second kappa shape index (κ2) is 16.4. The topological polar surface area (TPSA) is 0 Å². The summed E-state index contributed by atoms with van der Waals surface area (Å²) in [7, 11) is 0. The maximum atomic E-state index is 3.27. The average molecular weight is 721 g/mol. The number of benzene rings is 4. The minimum Gasteiger partial charge on any atom is -0.0561 e. The quantitative estimate of drug-likeness (QED) is 0.159. The lowest BCUT2D eigenvalue weighted by Gasteiger charge is -2.19. The molecule has 0 spiro atoms. The monoisotopic (exact) mass is 720 g/mol. The lowest BCUT2D eigenvalue weighted by atomic mass is 9.85. The molecule has 4 aromatic rings. The molecule has 0 saturated carbocycles. The highest BCUT2D eigenvalue weighted by molar-refractivity contribution is 5.57. The lowest BCUT2D eigenvalue weighted by molar-refractivity contribution is 0.589. The molecule has 1 aliphatic rings. The van der Waals surface area contributed by atoms with Crippen molar-refractivity contribution in [1.82, 2.24) is 0 Å². The summed E-state index contributed by atoms with van der Waals surface area (Å²) < 4.78 is 0. The van der Waals surface area contributed by atoms with E-state index in [0.717, 1.165) is 66.8 Å². The molecule has 0 fully saturated rings. The summed E-state index contributed by atoms with van der Waals surface area (Å²) >= 11 is 0. The van der Waals surface area contributed by atoms with Gasteiger partial charge in [-0.25, -0.2) is 0 Å². The van der Waals surface area contributed by atoms with Crippen LogP contribution >= 0.6 is 0 Å². The Kier molecular flexibility index (Phi) is 11.9. The van der Waals surface area contributed by atoms with Crippen molar-refractivity contribution in [1.29, 1.82) is 0 Å². The number of hydrogen-bond acceptors (Lipinski definition) is 0. The first-order valence-corrected chi connectivity index (χ1v) is 18.9. The van der Waals surface area contributed by atoms with Crippen molar-refractivity contribution in [3.63, 3.8) is 0 Å². The smallest absolute Gasteiger partial charge is 0.0270 e. The molecule has 5 rings (SSSR count). The van der Waals surface area contributed by atoms with Gasteiger partial charge in [0.05, 0.1) is 0 Å². The van der Waals surface area contributed by atoms with Crippen LogP contribution in [0.2, 0.25) is 0 Å². The number of fused-ring (bicyclic) bond motifs is 8. The molecule has 0 saturated heterocycles. The molecular weight excluding hydrogens is 673 g/mol. The van der Waals surface area contributed by atoms with E-state index >= 15 is 0 Å². The highest BCUT2D eigenvalue weighted by Gasteiger charge is 2.17. The third-order valence-electron chi connectivity index (χ3n) is 9.10. The molecule has 272 valence electrons. The molecule has 0 heteroatoms. The summed E-state index contributed by atoms with van der Waals surface area (Å²) in [5.74, 6) is 50.8. The van der Waals surface area contributed by atoms with Crippen molar-refractivity contribution < 1.29 is 0 Å². The van der Waals surface area contributed by atoms with E-state index in [2.05, 4.69) is 226 Å². The summed E-state index contributed by atoms with van der Waals surface area (Å²) in [5.41, 5.74) is 11.1. The van der Waals surface area contributed by atoms with E-state index in [1.54, 1.807) is 0 Å². The van der Waals surface area contributed by atoms with Crippen LogP contribution in [0.25, 0.3) is 0 Å². The Morgan fingerprint density at radius 2 is 0.339 bits per heavy atom. The maximum absolute atomic E-state index is 3.27. The maximum Gasteiger partial charge on any atom is 0.0270 e. The van der Waals surface area contributed by atoms with E-state index in [1.165, 1.54) is 0 Å². The van der Waals surface area contributed by atoms with Crippen LogP contribution < -0.4 is 0 Å². The van der Waals surface area contributed by atoms with Gasteiger partial charge in [0.1, 0.15) is 0 Å². The Hall–Kier alpha value is -6.64. The lowest BCUT2D eigenvalue weighted by Crippen LogP contribution is -2.11. The first kappa shape index (κ1) is 40.5. The number of hydrogen-bond donors (Lipinski definition) is 0. The fraction of sp³-hybridized carbons (Fsp3) is 0.286. The molecule has 0 atom stereocenters. The van der Waals surface area contributed by atoms with Gasteiger partial charge in [0, 0.05) is 44.5 Å². The third kappa shape index (κ3) is 11.7. The molecular formula is C56H48. The van der Waals surface area contributed by atoms with Crippen molar-refractivity contribution in [3.05, 3.63) is 140 Å². The van der Waals surface area contributed by atoms with Gasteiger partial charge in [-0.2, -0.15) is 0 Å². The Labute approximate surface area is 337 Å². The van der Waals surface area contributed by atoms with Gasteiger partial charge in [-0.05, 0) is 164 Å². The first-order valence-electron chi connectivity index (χ1n) is 18.9. The summed E-state index contributed by atoms with van der Waals surface area (Å²) in [6, 6.07) is 24.9. The molecule has 56 heavy (non-hydrogen) atoms. The molecule has 0 unspecified atom stereocenters. The minimum absolute atomic E-state index is 0.0900. The van der Waals surface area contributed by atoms with Gasteiger partial charge in [-0.1, -0.05) is 130 Å². The highest BCUT2D eigenvalue weighted by atomic mass is 14.2. The van der Waals surface area contributed by atoms with E-state index in [1.807, 2.05) is 24.3 Å². The molecule has 0 nitrogen and oxygen atoms in total. The number of rotatable bonds is 0. The zero-order chi connectivity index (χ0) is 40.7. The van der Waals surface area contributed by atoms with Crippen molar-refractivity contribution in [2.24, 2.45) is 0 Å². The standard InChI is InChI=1S/C56H48/c1-53(2,3)49-33-41-21-13-15-23-43-30-45(37-50(35-43)54(4,5)6)25-17-19-27-47-32-48(40-52(39-47)56(10,11)12)28-20-18-26-46-31-44(36-51(38-46)55(7,8)9)24-16-14-22-42(29-41)34-49/h29-40H,1-12H3. The largest absolute Gasteiger partial charge is 0.0561 e. The first-order chi connectivity index (χ1) is 26.2. The zero-order valence-electron chi connectivity index (χ0n) is 34.9.